The fraction of sp³-hybridized carbons (Fsp3) is 0.900. The Balaban J connectivity index is 2.01. The molecule has 2 fully saturated rings. The SMILES string of the molecule is CC1(N2CCC(=O)C2)CCOCC1. The average molecular weight is 183 g/mol. The summed E-state index contributed by atoms with van der Waals surface area (Å²) in [6.07, 6.45) is 2.89. The van der Waals surface area contributed by atoms with Crippen molar-refractivity contribution in [3.8, 4) is 0 Å². The predicted molar refractivity (Wildman–Crippen MR) is 49.7 cm³/mol. The molecule has 0 bridgehead atoms. The zero-order chi connectivity index (χ0) is 9.31. The molecule has 0 aromatic heterocycles. The molecule has 0 aromatic rings. The summed E-state index contributed by atoms with van der Waals surface area (Å²) in [5.41, 5.74) is 0.227. The van der Waals surface area contributed by atoms with Crippen molar-refractivity contribution in [2.24, 2.45) is 0 Å². The van der Waals surface area contributed by atoms with Gasteiger partial charge in [0.05, 0.1) is 6.54 Å². The lowest BCUT2D eigenvalue weighted by Gasteiger charge is -2.41. The molecule has 3 heteroatoms. The first kappa shape index (κ1) is 9.16. The van der Waals surface area contributed by atoms with E-state index < -0.39 is 0 Å². The van der Waals surface area contributed by atoms with Crippen LogP contribution in [0.25, 0.3) is 0 Å². The van der Waals surface area contributed by atoms with E-state index in [1.165, 1.54) is 0 Å². The summed E-state index contributed by atoms with van der Waals surface area (Å²) in [5, 5.41) is 0. The number of hydrogen-bond donors (Lipinski definition) is 0. The van der Waals surface area contributed by atoms with Crippen LogP contribution in [0.4, 0.5) is 0 Å². The van der Waals surface area contributed by atoms with E-state index in [2.05, 4.69) is 11.8 Å². The van der Waals surface area contributed by atoms with Gasteiger partial charge in [-0.15, -0.1) is 0 Å². The Labute approximate surface area is 79.0 Å². The van der Waals surface area contributed by atoms with E-state index in [0.717, 1.165) is 39.0 Å². The Morgan fingerprint density at radius 1 is 1.38 bits per heavy atom. The lowest BCUT2D eigenvalue weighted by atomic mass is 9.91. The monoisotopic (exact) mass is 183 g/mol. The Morgan fingerprint density at radius 2 is 2.08 bits per heavy atom. The fourth-order valence-corrected chi connectivity index (χ4v) is 2.22. The van der Waals surface area contributed by atoms with Crippen molar-refractivity contribution >= 4 is 5.78 Å². The van der Waals surface area contributed by atoms with Crippen LogP contribution < -0.4 is 0 Å². The highest BCUT2D eigenvalue weighted by molar-refractivity contribution is 5.82. The standard InChI is InChI=1S/C10H17NO2/c1-10(3-6-13-7-4-10)11-5-2-9(12)8-11/h2-8H2,1H3. The normalized spacial score (nSPS) is 29.5. The number of carbonyl (C=O) groups is 1. The first-order valence-electron chi connectivity index (χ1n) is 5.05. The summed E-state index contributed by atoms with van der Waals surface area (Å²) in [4.78, 5) is 13.5. The first-order chi connectivity index (χ1) is 6.21. The predicted octanol–water partition coefficient (Wildman–Crippen LogP) is 0.830. The molecular formula is C10H17NO2. The van der Waals surface area contributed by atoms with Gasteiger partial charge in [-0.25, -0.2) is 0 Å². The molecule has 2 aliphatic rings. The molecule has 0 unspecified atom stereocenters. The highest BCUT2D eigenvalue weighted by Crippen LogP contribution is 2.29. The molecule has 2 rings (SSSR count). The zero-order valence-electron chi connectivity index (χ0n) is 8.21. The summed E-state index contributed by atoms with van der Waals surface area (Å²) in [6, 6.07) is 0. The van der Waals surface area contributed by atoms with E-state index in [1.54, 1.807) is 0 Å². The smallest absolute Gasteiger partial charge is 0.148 e. The first-order valence-corrected chi connectivity index (χ1v) is 5.05. The molecule has 2 heterocycles. The maximum Gasteiger partial charge on any atom is 0.148 e. The van der Waals surface area contributed by atoms with Crippen LogP contribution >= 0.6 is 0 Å². The van der Waals surface area contributed by atoms with E-state index in [-0.39, 0.29) is 5.54 Å². The van der Waals surface area contributed by atoms with E-state index in [0.29, 0.717) is 12.3 Å². The van der Waals surface area contributed by atoms with Gasteiger partial charge in [-0.3, -0.25) is 9.69 Å². The van der Waals surface area contributed by atoms with Crippen molar-refractivity contribution < 1.29 is 9.53 Å². The van der Waals surface area contributed by atoms with Gasteiger partial charge < -0.3 is 4.74 Å². The number of hydrogen-bond acceptors (Lipinski definition) is 3. The Bertz CT molecular complexity index is 209. The average Bonchev–Trinajstić information content (AvgIpc) is 2.54. The van der Waals surface area contributed by atoms with Gasteiger partial charge >= 0.3 is 0 Å². The second-order valence-corrected chi connectivity index (χ2v) is 4.32. The Kier molecular flexibility index (Phi) is 2.39. The van der Waals surface area contributed by atoms with E-state index in [9.17, 15) is 4.79 Å². The molecule has 0 radical (unpaired) electrons. The van der Waals surface area contributed by atoms with E-state index >= 15 is 0 Å². The van der Waals surface area contributed by atoms with Crippen LogP contribution in [0.15, 0.2) is 0 Å². The molecule has 0 N–H and O–H groups in total. The molecular weight excluding hydrogens is 166 g/mol. The summed E-state index contributed by atoms with van der Waals surface area (Å²) in [5.74, 6) is 0.396. The number of carbonyl (C=O) groups excluding carboxylic acids is 1. The van der Waals surface area contributed by atoms with Crippen molar-refractivity contribution in [1.82, 2.24) is 4.90 Å². The van der Waals surface area contributed by atoms with Gasteiger partial charge in [0.15, 0.2) is 0 Å². The van der Waals surface area contributed by atoms with Crippen LogP contribution in [0.2, 0.25) is 0 Å². The molecule has 2 aliphatic heterocycles. The summed E-state index contributed by atoms with van der Waals surface area (Å²) in [6.45, 7) is 5.57. The van der Waals surface area contributed by atoms with Gasteiger partial charge in [0.25, 0.3) is 0 Å². The molecule has 0 spiro atoms. The molecule has 0 atom stereocenters. The fourth-order valence-electron chi connectivity index (χ4n) is 2.22. The third-order valence-electron chi connectivity index (χ3n) is 3.36. The molecule has 3 nitrogen and oxygen atoms in total. The van der Waals surface area contributed by atoms with Gasteiger partial charge in [-0.1, -0.05) is 0 Å². The van der Waals surface area contributed by atoms with Gasteiger partial charge in [0, 0.05) is 31.7 Å². The zero-order valence-corrected chi connectivity index (χ0v) is 8.21. The van der Waals surface area contributed by atoms with Gasteiger partial charge in [0.1, 0.15) is 5.78 Å². The van der Waals surface area contributed by atoms with Gasteiger partial charge in [0.2, 0.25) is 0 Å². The van der Waals surface area contributed by atoms with Crippen LogP contribution in [0.1, 0.15) is 26.2 Å². The molecule has 0 aromatic carbocycles. The van der Waals surface area contributed by atoms with Crippen molar-refractivity contribution in [2.45, 2.75) is 31.7 Å². The second kappa shape index (κ2) is 3.39. The molecule has 0 aliphatic carbocycles. The number of rotatable bonds is 1. The maximum absolute atomic E-state index is 11.2. The maximum atomic E-state index is 11.2. The van der Waals surface area contributed by atoms with Crippen LogP contribution in [0, 0.1) is 0 Å². The molecule has 74 valence electrons. The van der Waals surface area contributed by atoms with Crippen LogP contribution in [-0.4, -0.2) is 42.5 Å². The third kappa shape index (κ3) is 1.76. The number of likely N-dealkylation sites (tertiary alicyclic amines) is 1. The minimum absolute atomic E-state index is 0.227. The minimum atomic E-state index is 0.227. The van der Waals surface area contributed by atoms with Crippen molar-refractivity contribution in [1.29, 1.82) is 0 Å². The molecule has 0 saturated carbocycles. The Morgan fingerprint density at radius 3 is 2.62 bits per heavy atom. The van der Waals surface area contributed by atoms with Crippen LogP contribution in [0.5, 0.6) is 0 Å². The van der Waals surface area contributed by atoms with E-state index in [4.69, 9.17) is 4.74 Å². The van der Waals surface area contributed by atoms with Gasteiger partial charge in [-0.05, 0) is 19.8 Å². The highest BCUT2D eigenvalue weighted by Gasteiger charge is 2.37. The van der Waals surface area contributed by atoms with Crippen molar-refractivity contribution in [2.75, 3.05) is 26.3 Å². The highest BCUT2D eigenvalue weighted by atomic mass is 16.5. The largest absolute Gasteiger partial charge is 0.381 e. The third-order valence-corrected chi connectivity index (χ3v) is 3.36. The number of ketones is 1. The number of Topliss-reactive ketones (excluding diaryl/α,β-unsaturated/α-hetero) is 1. The summed E-state index contributed by atoms with van der Waals surface area (Å²) < 4.78 is 5.34. The van der Waals surface area contributed by atoms with Crippen molar-refractivity contribution in [3.05, 3.63) is 0 Å². The summed E-state index contributed by atoms with van der Waals surface area (Å²) >= 11 is 0. The lowest BCUT2D eigenvalue weighted by Crippen LogP contribution is -2.48. The lowest BCUT2D eigenvalue weighted by molar-refractivity contribution is -0.117. The quantitative estimate of drug-likeness (QED) is 0.603. The van der Waals surface area contributed by atoms with E-state index in [1.807, 2.05) is 0 Å². The van der Waals surface area contributed by atoms with Crippen molar-refractivity contribution in [3.63, 3.8) is 0 Å². The van der Waals surface area contributed by atoms with Gasteiger partial charge in [-0.2, -0.15) is 0 Å². The number of ether oxygens (including phenoxy) is 1. The number of nitrogens with zero attached hydrogens (tertiary/aromatic N) is 1. The second-order valence-electron chi connectivity index (χ2n) is 4.32. The van der Waals surface area contributed by atoms with Crippen LogP contribution in [0.3, 0.4) is 0 Å². The van der Waals surface area contributed by atoms with Crippen LogP contribution in [-0.2, 0) is 9.53 Å². The summed E-state index contributed by atoms with van der Waals surface area (Å²) in [7, 11) is 0. The Hall–Kier alpha value is -0.410. The molecule has 13 heavy (non-hydrogen) atoms. The minimum Gasteiger partial charge on any atom is -0.381 e. The molecule has 0 amide bonds. The topological polar surface area (TPSA) is 29.5 Å². The molecule has 2 saturated heterocycles.